The Morgan fingerprint density at radius 1 is 0.918 bits per heavy atom. The van der Waals surface area contributed by atoms with E-state index in [1.807, 2.05) is 12.1 Å². The summed E-state index contributed by atoms with van der Waals surface area (Å²) in [6, 6.07) is 16.3. The Labute approximate surface area is 292 Å². The first kappa shape index (κ1) is 34.3. The maximum atomic E-state index is 15.0. The number of methoxy groups -OCH3 is 1. The largest absolute Gasteiger partial charge is 0.453 e. The fourth-order valence-electron chi connectivity index (χ4n) is 10.0. The number of carbonyl (C=O) groups excluding carboxylic acids is 1. The molecule has 0 unspecified atom stereocenters. The number of carbonyl (C=O) groups is 1. The van der Waals surface area contributed by atoms with Crippen LogP contribution in [0.2, 0.25) is 0 Å². The minimum atomic E-state index is -0.363. The van der Waals surface area contributed by atoms with Crippen molar-refractivity contribution >= 4 is 11.8 Å². The smallest absolute Gasteiger partial charge is 0.407 e. The predicted molar refractivity (Wildman–Crippen MR) is 191 cm³/mol. The van der Waals surface area contributed by atoms with E-state index in [1.165, 1.54) is 44.0 Å². The minimum Gasteiger partial charge on any atom is -0.453 e. The number of alkyl carbamates (subject to hydrolysis) is 1. The van der Waals surface area contributed by atoms with E-state index in [0.717, 1.165) is 115 Å². The monoisotopic (exact) mass is 670 g/mol. The average Bonchev–Trinajstić information content (AvgIpc) is 3.55. The standard InChI is InChI=1S/C40H55FN6O2/c1-49-39(48)43-38-11-6-10-37(38)40(29-46-18-7-19-46,34-8-5-9-35(41)23-34)33-14-20-45(21-15-33)25-30-26-47(27-30)36-13-12-31(24-42)32(22-36)28-44-16-3-2-4-17-44/h5,8-9,12-13,22-23,30,33,37-38H,2-4,6-7,10-11,14-21,25-29H2,1H3,(H,43,48)/t37-,38-,40-/m0/s1. The van der Waals surface area contributed by atoms with Gasteiger partial charge < -0.3 is 24.8 Å². The highest BCUT2D eigenvalue weighted by molar-refractivity contribution is 5.67. The van der Waals surface area contributed by atoms with Gasteiger partial charge in [-0.05, 0) is 138 Å². The maximum Gasteiger partial charge on any atom is 0.407 e. The summed E-state index contributed by atoms with van der Waals surface area (Å²) in [7, 11) is 1.44. The number of piperidine rings is 2. The van der Waals surface area contributed by atoms with Gasteiger partial charge in [0.15, 0.2) is 0 Å². The number of amides is 1. The second kappa shape index (κ2) is 15.4. The Morgan fingerprint density at radius 2 is 1.69 bits per heavy atom. The molecule has 9 heteroatoms. The lowest BCUT2D eigenvalue weighted by Gasteiger charge is -2.54. The molecule has 0 radical (unpaired) electrons. The molecule has 0 bridgehead atoms. The molecule has 4 heterocycles. The molecule has 1 aliphatic carbocycles. The fraction of sp³-hybridized carbons (Fsp3) is 0.650. The SMILES string of the molecule is COC(=O)N[C@H]1CCC[C@@H]1[C@](CN1CCC1)(c1cccc(F)c1)C1CCN(CC2CN(c3ccc(C#N)c(CN4CCCCC4)c3)C2)CC1. The molecule has 49 heavy (non-hydrogen) atoms. The van der Waals surface area contributed by atoms with Crippen LogP contribution in [0.5, 0.6) is 0 Å². The molecule has 1 N–H and O–H groups in total. The number of nitrogens with one attached hydrogen (secondary N) is 1. The van der Waals surface area contributed by atoms with Crippen LogP contribution in [0.25, 0.3) is 0 Å². The quantitative estimate of drug-likeness (QED) is 0.315. The normalized spacial score (nSPS) is 25.6. The molecule has 8 nitrogen and oxygen atoms in total. The van der Waals surface area contributed by atoms with Crippen molar-refractivity contribution in [3.8, 4) is 6.07 Å². The number of ether oxygens (including phenoxy) is 1. The number of halogens is 1. The molecule has 2 aromatic rings. The molecule has 4 saturated heterocycles. The van der Waals surface area contributed by atoms with Gasteiger partial charge in [-0.1, -0.05) is 25.0 Å². The zero-order chi connectivity index (χ0) is 33.8. The number of hydrogen-bond acceptors (Lipinski definition) is 7. The van der Waals surface area contributed by atoms with Gasteiger partial charge in [0.05, 0.1) is 18.7 Å². The molecule has 264 valence electrons. The van der Waals surface area contributed by atoms with Crippen molar-refractivity contribution in [2.75, 3.05) is 77.5 Å². The van der Waals surface area contributed by atoms with Crippen LogP contribution in [0, 0.1) is 34.9 Å². The number of nitriles is 1. The number of nitrogens with zero attached hydrogens (tertiary/aromatic N) is 5. The molecule has 5 fully saturated rings. The van der Waals surface area contributed by atoms with Gasteiger partial charge in [-0.25, -0.2) is 9.18 Å². The van der Waals surface area contributed by atoms with Gasteiger partial charge in [0, 0.05) is 55.8 Å². The predicted octanol–water partition coefficient (Wildman–Crippen LogP) is 6.00. The summed E-state index contributed by atoms with van der Waals surface area (Å²) in [4.78, 5) is 22.7. The molecular formula is C40H55FN6O2. The van der Waals surface area contributed by atoms with E-state index in [4.69, 9.17) is 4.74 Å². The summed E-state index contributed by atoms with van der Waals surface area (Å²) < 4.78 is 20.0. The van der Waals surface area contributed by atoms with E-state index < -0.39 is 0 Å². The van der Waals surface area contributed by atoms with E-state index in [-0.39, 0.29) is 29.3 Å². The summed E-state index contributed by atoms with van der Waals surface area (Å²) in [6.45, 7) is 11.6. The van der Waals surface area contributed by atoms with E-state index >= 15 is 0 Å². The van der Waals surface area contributed by atoms with Crippen LogP contribution in [0.1, 0.15) is 74.5 Å². The molecule has 1 saturated carbocycles. The van der Waals surface area contributed by atoms with E-state index in [0.29, 0.717) is 11.8 Å². The van der Waals surface area contributed by atoms with Crippen LogP contribution < -0.4 is 10.2 Å². The summed E-state index contributed by atoms with van der Waals surface area (Å²) >= 11 is 0. The van der Waals surface area contributed by atoms with E-state index in [2.05, 4.69) is 49.2 Å². The Hall–Kier alpha value is -3.19. The lowest BCUT2D eigenvalue weighted by molar-refractivity contribution is 0.0223. The third-order valence-electron chi connectivity index (χ3n) is 12.7. The first-order valence-corrected chi connectivity index (χ1v) is 19.0. The van der Waals surface area contributed by atoms with Crippen LogP contribution in [-0.4, -0.2) is 99.4 Å². The highest BCUT2D eigenvalue weighted by Crippen LogP contribution is 2.51. The molecule has 7 rings (SSSR count). The molecule has 1 amide bonds. The van der Waals surface area contributed by atoms with Crippen LogP contribution >= 0.6 is 0 Å². The number of benzene rings is 2. The minimum absolute atomic E-state index is 0.0265. The Bertz CT molecular complexity index is 1470. The second-order valence-corrected chi connectivity index (χ2v) is 15.6. The van der Waals surface area contributed by atoms with Gasteiger partial charge in [0.25, 0.3) is 0 Å². The lowest BCUT2D eigenvalue weighted by Crippen LogP contribution is -2.60. The van der Waals surface area contributed by atoms with Crippen molar-refractivity contribution in [2.24, 2.45) is 17.8 Å². The molecule has 2 aromatic carbocycles. The van der Waals surface area contributed by atoms with Crippen molar-refractivity contribution < 1.29 is 13.9 Å². The molecule has 0 spiro atoms. The van der Waals surface area contributed by atoms with Gasteiger partial charge >= 0.3 is 6.09 Å². The van der Waals surface area contributed by atoms with Gasteiger partial charge in [-0.3, -0.25) is 4.90 Å². The number of hydrogen-bond donors (Lipinski definition) is 1. The fourth-order valence-corrected chi connectivity index (χ4v) is 10.0. The summed E-state index contributed by atoms with van der Waals surface area (Å²) in [5, 5.41) is 13.0. The number of rotatable bonds is 11. The number of anilines is 1. The highest BCUT2D eigenvalue weighted by atomic mass is 19.1. The molecule has 0 aromatic heterocycles. The van der Waals surface area contributed by atoms with Gasteiger partial charge in [0.1, 0.15) is 5.82 Å². The van der Waals surface area contributed by atoms with Gasteiger partial charge in [0.2, 0.25) is 0 Å². The van der Waals surface area contributed by atoms with Crippen molar-refractivity contribution in [2.45, 2.75) is 75.8 Å². The first-order chi connectivity index (χ1) is 23.9. The number of likely N-dealkylation sites (tertiary alicyclic amines) is 3. The van der Waals surface area contributed by atoms with Crippen LogP contribution in [-0.2, 0) is 16.7 Å². The topological polar surface area (TPSA) is 75.1 Å². The first-order valence-electron chi connectivity index (χ1n) is 19.0. The van der Waals surface area contributed by atoms with E-state index in [9.17, 15) is 14.4 Å². The Balaban J connectivity index is 1.02. The molecular weight excluding hydrogens is 615 g/mol. The average molecular weight is 671 g/mol. The van der Waals surface area contributed by atoms with Crippen molar-refractivity contribution in [3.63, 3.8) is 0 Å². The van der Waals surface area contributed by atoms with E-state index in [1.54, 1.807) is 12.1 Å². The summed E-state index contributed by atoms with van der Waals surface area (Å²) in [6.07, 6.45) is 9.87. The van der Waals surface area contributed by atoms with Crippen LogP contribution in [0.4, 0.5) is 14.9 Å². The summed E-state index contributed by atoms with van der Waals surface area (Å²) in [5.41, 5.74) is 4.10. The summed E-state index contributed by atoms with van der Waals surface area (Å²) in [5.74, 6) is 1.10. The van der Waals surface area contributed by atoms with Crippen LogP contribution in [0.3, 0.4) is 0 Å². The van der Waals surface area contributed by atoms with Crippen molar-refractivity contribution in [3.05, 3.63) is 65.0 Å². The molecule has 4 aliphatic heterocycles. The Morgan fingerprint density at radius 3 is 2.39 bits per heavy atom. The van der Waals surface area contributed by atoms with Gasteiger partial charge in [-0.2, -0.15) is 5.26 Å². The third-order valence-corrected chi connectivity index (χ3v) is 12.7. The maximum absolute atomic E-state index is 15.0. The second-order valence-electron chi connectivity index (χ2n) is 15.6. The van der Waals surface area contributed by atoms with Crippen molar-refractivity contribution in [1.29, 1.82) is 5.26 Å². The molecule has 3 atom stereocenters. The van der Waals surface area contributed by atoms with Crippen molar-refractivity contribution in [1.82, 2.24) is 20.0 Å². The highest BCUT2D eigenvalue weighted by Gasteiger charge is 2.53. The van der Waals surface area contributed by atoms with Crippen LogP contribution in [0.15, 0.2) is 42.5 Å². The van der Waals surface area contributed by atoms with Gasteiger partial charge in [-0.15, -0.1) is 0 Å². The third kappa shape index (κ3) is 7.48. The lowest BCUT2D eigenvalue weighted by atomic mass is 9.57. The zero-order valence-electron chi connectivity index (χ0n) is 29.4. The zero-order valence-corrected chi connectivity index (χ0v) is 29.4. The Kier molecular flexibility index (Phi) is 10.7. The molecule has 5 aliphatic rings.